The smallest absolute Gasteiger partial charge is 0.356 e. The Kier molecular flexibility index (Phi) is 4.46. The largest absolute Gasteiger partial charge is 0.416 e. The minimum Gasteiger partial charge on any atom is -0.356 e. The lowest BCUT2D eigenvalue weighted by atomic mass is 10.1. The third-order valence-corrected chi connectivity index (χ3v) is 4.15. The summed E-state index contributed by atoms with van der Waals surface area (Å²) in [6.07, 6.45) is -4.47. The van der Waals surface area contributed by atoms with Crippen LogP contribution in [0.15, 0.2) is 23.1 Å². The zero-order valence-electron chi connectivity index (χ0n) is 11.1. The summed E-state index contributed by atoms with van der Waals surface area (Å²) in [6.45, 7) is 2.23. The Bertz CT molecular complexity index is 575. The first kappa shape index (κ1) is 15.7. The van der Waals surface area contributed by atoms with Crippen molar-refractivity contribution in [3.8, 4) is 0 Å². The monoisotopic (exact) mass is 318 g/mol. The molecule has 1 aliphatic heterocycles. The van der Waals surface area contributed by atoms with E-state index >= 15 is 0 Å². The summed E-state index contributed by atoms with van der Waals surface area (Å²) < 4.78 is 37.8. The zero-order valence-corrected chi connectivity index (χ0v) is 11.9. The normalized spacial score (nSPS) is 17.9. The summed E-state index contributed by atoms with van der Waals surface area (Å²) in [7, 11) is 0. The summed E-state index contributed by atoms with van der Waals surface area (Å²) >= 11 is 1.10. The Balaban J connectivity index is 2.17. The van der Waals surface area contributed by atoms with Crippen molar-refractivity contribution in [3.05, 3.63) is 23.8 Å². The molecule has 4 nitrogen and oxygen atoms in total. The first-order valence-electron chi connectivity index (χ1n) is 6.26. The number of fused-ring (bicyclic) bond motifs is 1. The molecule has 0 spiro atoms. The molecule has 0 saturated heterocycles. The second kappa shape index (κ2) is 5.97. The molecule has 1 unspecified atom stereocenters. The molecule has 114 valence electrons. The predicted octanol–water partition coefficient (Wildman–Crippen LogP) is 2.64. The van der Waals surface area contributed by atoms with Gasteiger partial charge in [0.1, 0.15) is 0 Å². The maximum atomic E-state index is 12.6. The van der Waals surface area contributed by atoms with E-state index in [0.29, 0.717) is 11.4 Å². The Labute approximate surface area is 123 Å². The van der Waals surface area contributed by atoms with Crippen molar-refractivity contribution in [3.63, 3.8) is 0 Å². The van der Waals surface area contributed by atoms with Crippen molar-refractivity contribution in [2.45, 2.75) is 29.7 Å². The molecule has 0 saturated carbocycles. The molecule has 1 atom stereocenters. The summed E-state index contributed by atoms with van der Waals surface area (Å²) in [5.74, 6) is -0.724. The Morgan fingerprint density at radius 2 is 2.14 bits per heavy atom. The molecule has 0 aromatic heterocycles. The van der Waals surface area contributed by atoms with Gasteiger partial charge in [-0.3, -0.25) is 9.59 Å². The second-order valence-corrected chi connectivity index (χ2v) is 5.71. The highest BCUT2D eigenvalue weighted by Crippen LogP contribution is 2.40. The van der Waals surface area contributed by atoms with Crippen molar-refractivity contribution in [1.82, 2.24) is 5.32 Å². The van der Waals surface area contributed by atoms with Crippen LogP contribution in [0.1, 0.15) is 18.9 Å². The van der Waals surface area contributed by atoms with E-state index in [9.17, 15) is 22.8 Å². The molecular formula is C13H13F3N2O2S. The second-order valence-electron chi connectivity index (χ2n) is 4.46. The van der Waals surface area contributed by atoms with Crippen LogP contribution in [0.2, 0.25) is 0 Å². The SMILES string of the molecule is CCNC(=O)CC1Sc2ccc(C(F)(F)F)cc2NC1=O. The van der Waals surface area contributed by atoms with Crippen molar-refractivity contribution in [2.24, 2.45) is 0 Å². The molecule has 0 fully saturated rings. The number of hydrogen-bond acceptors (Lipinski definition) is 3. The van der Waals surface area contributed by atoms with E-state index in [4.69, 9.17) is 0 Å². The molecule has 0 aliphatic carbocycles. The van der Waals surface area contributed by atoms with Gasteiger partial charge in [-0.1, -0.05) is 0 Å². The fourth-order valence-corrected chi connectivity index (χ4v) is 2.99. The van der Waals surface area contributed by atoms with E-state index in [-0.39, 0.29) is 18.0 Å². The number of carbonyl (C=O) groups is 2. The highest BCUT2D eigenvalue weighted by atomic mass is 32.2. The number of rotatable bonds is 3. The van der Waals surface area contributed by atoms with Crippen LogP contribution in [0, 0.1) is 0 Å². The first-order valence-corrected chi connectivity index (χ1v) is 7.14. The molecule has 1 aromatic rings. The Morgan fingerprint density at radius 3 is 2.76 bits per heavy atom. The number of halogens is 3. The van der Waals surface area contributed by atoms with Gasteiger partial charge in [-0.25, -0.2) is 0 Å². The predicted molar refractivity (Wildman–Crippen MR) is 73.0 cm³/mol. The van der Waals surface area contributed by atoms with Crippen molar-refractivity contribution in [2.75, 3.05) is 11.9 Å². The van der Waals surface area contributed by atoms with Crippen LogP contribution in [0.3, 0.4) is 0 Å². The van der Waals surface area contributed by atoms with Crippen molar-refractivity contribution < 1.29 is 22.8 Å². The summed E-state index contributed by atoms with van der Waals surface area (Å²) in [5, 5.41) is 4.38. The van der Waals surface area contributed by atoms with Crippen LogP contribution in [0.25, 0.3) is 0 Å². The lowest BCUT2D eigenvalue weighted by Gasteiger charge is -2.24. The van der Waals surface area contributed by atoms with E-state index in [0.717, 1.165) is 23.9 Å². The standard InChI is InChI=1S/C13H13F3N2O2S/c1-2-17-11(19)6-10-12(20)18-8-5-7(13(14,15)16)3-4-9(8)21-10/h3-5,10H,2,6H2,1H3,(H,17,19)(H,18,20). The van der Waals surface area contributed by atoms with Crippen LogP contribution in [0.4, 0.5) is 18.9 Å². The van der Waals surface area contributed by atoms with Gasteiger partial charge >= 0.3 is 6.18 Å². The quantitative estimate of drug-likeness (QED) is 0.901. The van der Waals surface area contributed by atoms with Crippen LogP contribution in [-0.4, -0.2) is 23.6 Å². The van der Waals surface area contributed by atoms with Gasteiger partial charge in [-0.2, -0.15) is 13.2 Å². The third kappa shape index (κ3) is 3.69. The van der Waals surface area contributed by atoms with E-state index in [1.807, 2.05) is 0 Å². The Morgan fingerprint density at radius 1 is 1.43 bits per heavy atom. The third-order valence-electron chi connectivity index (χ3n) is 2.87. The lowest BCUT2D eigenvalue weighted by molar-refractivity contribution is -0.137. The minimum atomic E-state index is -4.46. The molecule has 0 radical (unpaired) electrons. The van der Waals surface area contributed by atoms with Crippen LogP contribution in [0.5, 0.6) is 0 Å². The summed E-state index contributed by atoms with van der Waals surface area (Å²) in [5.41, 5.74) is -0.684. The number of hydrogen-bond donors (Lipinski definition) is 2. The van der Waals surface area contributed by atoms with Crippen molar-refractivity contribution in [1.29, 1.82) is 0 Å². The maximum absolute atomic E-state index is 12.6. The fraction of sp³-hybridized carbons (Fsp3) is 0.385. The molecule has 21 heavy (non-hydrogen) atoms. The highest BCUT2D eigenvalue weighted by Gasteiger charge is 2.34. The van der Waals surface area contributed by atoms with E-state index in [2.05, 4.69) is 10.6 Å². The van der Waals surface area contributed by atoms with Gasteiger partial charge in [0.05, 0.1) is 16.5 Å². The van der Waals surface area contributed by atoms with Gasteiger partial charge in [-0.15, -0.1) is 11.8 Å². The van der Waals surface area contributed by atoms with E-state index in [1.165, 1.54) is 6.07 Å². The summed E-state index contributed by atoms with van der Waals surface area (Å²) in [6, 6.07) is 3.18. The van der Waals surface area contributed by atoms with Gasteiger partial charge in [0.15, 0.2) is 0 Å². The lowest BCUT2D eigenvalue weighted by Crippen LogP contribution is -2.34. The highest BCUT2D eigenvalue weighted by molar-refractivity contribution is 8.01. The topological polar surface area (TPSA) is 58.2 Å². The molecule has 2 rings (SSSR count). The summed E-state index contributed by atoms with van der Waals surface area (Å²) in [4.78, 5) is 23.9. The number of benzene rings is 1. The average Bonchev–Trinajstić information content (AvgIpc) is 2.38. The molecule has 2 amide bonds. The Hall–Kier alpha value is -1.70. The maximum Gasteiger partial charge on any atom is 0.416 e. The number of nitrogens with one attached hydrogen (secondary N) is 2. The minimum absolute atomic E-state index is 0.00912. The van der Waals surface area contributed by atoms with Gasteiger partial charge < -0.3 is 10.6 Å². The van der Waals surface area contributed by atoms with Gasteiger partial charge in [-0.05, 0) is 25.1 Å². The number of anilines is 1. The van der Waals surface area contributed by atoms with Crippen LogP contribution >= 0.6 is 11.8 Å². The average molecular weight is 318 g/mol. The molecule has 2 N–H and O–H groups in total. The molecule has 8 heteroatoms. The van der Waals surface area contributed by atoms with E-state index in [1.54, 1.807) is 6.92 Å². The van der Waals surface area contributed by atoms with Gasteiger partial charge in [0.2, 0.25) is 11.8 Å². The fourth-order valence-electron chi connectivity index (χ4n) is 1.90. The van der Waals surface area contributed by atoms with Crippen molar-refractivity contribution >= 4 is 29.3 Å². The zero-order chi connectivity index (χ0) is 15.6. The molecule has 1 aliphatic rings. The molecule has 0 bridgehead atoms. The van der Waals surface area contributed by atoms with Crippen LogP contribution in [-0.2, 0) is 15.8 Å². The van der Waals surface area contributed by atoms with E-state index < -0.39 is 22.9 Å². The number of alkyl halides is 3. The van der Waals surface area contributed by atoms with Gasteiger partial charge in [0, 0.05) is 17.9 Å². The molecule has 1 aromatic carbocycles. The number of amides is 2. The molecule has 1 heterocycles. The first-order chi connectivity index (χ1) is 9.81. The molecular weight excluding hydrogens is 305 g/mol. The number of carbonyl (C=O) groups excluding carboxylic acids is 2. The number of thioether (sulfide) groups is 1. The van der Waals surface area contributed by atoms with Crippen LogP contribution < -0.4 is 10.6 Å². The van der Waals surface area contributed by atoms with Gasteiger partial charge in [0.25, 0.3) is 0 Å².